The Kier molecular flexibility index (Phi) is 4.60. The Bertz CT molecular complexity index is 741. The van der Waals surface area contributed by atoms with Crippen LogP contribution in [0.1, 0.15) is 35.3 Å². The van der Waals surface area contributed by atoms with Crippen LogP contribution in [0, 0.1) is 0 Å². The average Bonchev–Trinajstić information content (AvgIpc) is 2.92. The molecule has 3 rings (SSSR count). The summed E-state index contributed by atoms with van der Waals surface area (Å²) in [6.45, 7) is 4.95. The highest BCUT2D eigenvalue weighted by molar-refractivity contribution is 5.94. The number of fused-ring (bicyclic) bond motifs is 1. The van der Waals surface area contributed by atoms with Crippen molar-refractivity contribution < 1.29 is 14.3 Å². The van der Waals surface area contributed by atoms with Crippen LogP contribution in [0.2, 0.25) is 0 Å². The van der Waals surface area contributed by atoms with Crippen LogP contribution in [0.3, 0.4) is 0 Å². The molecule has 1 aliphatic rings. The Balaban J connectivity index is 1.75. The maximum absolute atomic E-state index is 12.3. The van der Waals surface area contributed by atoms with Gasteiger partial charge in [0.05, 0.1) is 6.61 Å². The quantitative estimate of drug-likeness (QED) is 0.829. The third-order valence-electron chi connectivity index (χ3n) is 3.99. The van der Waals surface area contributed by atoms with E-state index in [1.165, 1.54) is 0 Å². The number of hydrogen-bond donors (Lipinski definition) is 2. The van der Waals surface area contributed by atoms with Crippen molar-refractivity contribution in [1.29, 1.82) is 0 Å². The number of anilines is 1. The van der Waals surface area contributed by atoms with Crippen LogP contribution in [0.4, 0.5) is 5.69 Å². The predicted molar refractivity (Wildman–Crippen MR) is 93.4 cm³/mol. The summed E-state index contributed by atoms with van der Waals surface area (Å²) in [6, 6.07) is 10.8. The molecule has 5 nitrogen and oxygen atoms in total. The van der Waals surface area contributed by atoms with E-state index in [1.807, 2.05) is 26.0 Å². The topological polar surface area (TPSA) is 73.6 Å². The minimum Gasteiger partial charge on any atom is -0.494 e. The summed E-state index contributed by atoms with van der Waals surface area (Å²) < 4.78 is 11.5. The van der Waals surface area contributed by atoms with Crippen molar-refractivity contribution in [3.63, 3.8) is 0 Å². The highest BCUT2D eigenvalue weighted by Gasteiger charge is 2.22. The normalized spacial score (nSPS) is 15.5. The van der Waals surface area contributed by atoms with Gasteiger partial charge < -0.3 is 20.5 Å². The molecule has 3 N–H and O–H groups in total. The number of rotatable bonds is 5. The molecule has 0 aromatic heterocycles. The van der Waals surface area contributed by atoms with Gasteiger partial charge in [0.1, 0.15) is 17.6 Å². The number of ether oxygens (including phenoxy) is 2. The second-order valence-corrected chi connectivity index (χ2v) is 5.94. The Labute approximate surface area is 141 Å². The monoisotopic (exact) mass is 326 g/mol. The lowest BCUT2D eigenvalue weighted by molar-refractivity contribution is 0.0950. The summed E-state index contributed by atoms with van der Waals surface area (Å²) in [5.74, 6) is 1.53. The minimum absolute atomic E-state index is 0.146. The molecule has 1 atom stereocenters. The van der Waals surface area contributed by atoms with E-state index in [1.54, 1.807) is 24.3 Å². The molecular weight excluding hydrogens is 304 g/mol. The molecular formula is C19H22N2O3. The zero-order chi connectivity index (χ0) is 17.1. The molecule has 0 aliphatic carbocycles. The van der Waals surface area contributed by atoms with Crippen molar-refractivity contribution in [1.82, 2.24) is 5.32 Å². The predicted octanol–water partition coefficient (Wildman–Crippen LogP) is 2.92. The van der Waals surface area contributed by atoms with E-state index in [0.29, 0.717) is 24.4 Å². The summed E-state index contributed by atoms with van der Waals surface area (Å²) in [5, 5.41) is 2.92. The highest BCUT2D eigenvalue weighted by Crippen LogP contribution is 2.35. The van der Waals surface area contributed by atoms with Crippen molar-refractivity contribution in [3.8, 4) is 11.5 Å². The first-order chi connectivity index (χ1) is 11.6. The number of nitrogens with two attached hydrogens (primary N) is 1. The molecule has 1 heterocycles. The van der Waals surface area contributed by atoms with Gasteiger partial charge in [-0.2, -0.15) is 0 Å². The van der Waals surface area contributed by atoms with Crippen LogP contribution in [0.15, 0.2) is 36.4 Å². The van der Waals surface area contributed by atoms with Gasteiger partial charge in [0.15, 0.2) is 0 Å². The van der Waals surface area contributed by atoms with Gasteiger partial charge >= 0.3 is 0 Å². The van der Waals surface area contributed by atoms with Gasteiger partial charge in [0.25, 0.3) is 5.91 Å². The van der Waals surface area contributed by atoms with Crippen LogP contribution in [-0.4, -0.2) is 18.6 Å². The van der Waals surface area contributed by atoms with Gasteiger partial charge in [-0.3, -0.25) is 4.79 Å². The third kappa shape index (κ3) is 3.45. The number of benzene rings is 2. The summed E-state index contributed by atoms with van der Waals surface area (Å²) in [4.78, 5) is 12.3. The molecule has 1 amide bonds. The largest absolute Gasteiger partial charge is 0.494 e. The number of hydrogen-bond acceptors (Lipinski definition) is 4. The summed E-state index contributed by atoms with van der Waals surface area (Å²) in [5.41, 5.74) is 8.92. The van der Waals surface area contributed by atoms with E-state index < -0.39 is 0 Å². The number of nitrogen functional groups attached to an aromatic ring is 1. The molecule has 2 aromatic rings. The summed E-state index contributed by atoms with van der Waals surface area (Å²) in [6.07, 6.45) is 1.06. The SMILES string of the molecule is CCOc1cc2c(cc1CNC(=O)c1ccc(N)cc1)OC(C)C2. The Morgan fingerprint density at radius 2 is 2.08 bits per heavy atom. The van der Waals surface area contributed by atoms with Gasteiger partial charge in [-0.1, -0.05) is 0 Å². The second-order valence-electron chi connectivity index (χ2n) is 5.94. The molecule has 0 radical (unpaired) electrons. The van der Waals surface area contributed by atoms with E-state index in [4.69, 9.17) is 15.2 Å². The molecule has 0 fully saturated rings. The highest BCUT2D eigenvalue weighted by atomic mass is 16.5. The van der Waals surface area contributed by atoms with Gasteiger partial charge in [-0.05, 0) is 50.2 Å². The molecule has 1 aliphatic heterocycles. The third-order valence-corrected chi connectivity index (χ3v) is 3.99. The van der Waals surface area contributed by atoms with E-state index >= 15 is 0 Å². The van der Waals surface area contributed by atoms with Crippen LogP contribution >= 0.6 is 0 Å². The van der Waals surface area contributed by atoms with Crippen LogP contribution in [0.5, 0.6) is 11.5 Å². The Morgan fingerprint density at radius 1 is 1.33 bits per heavy atom. The number of nitrogens with one attached hydrogen (secondary N) is 1. The first kappa shape index (κ1) is 16.2. The molecule has 0 bridgehead atoms. The second kappa shape index (κ2) is 6.83. The first-order valence-corrected chi connectivity index (χ1v) is 8.15. The molecule has 0 saturated carbocycles. The van der Waals surface area contributed by atoms with E-state index in [0.717, 1.165) is 29.0 Å². The average molecular weight is 326 g/mol. The summed E-state index contributed by atoms with van der Waals surface area (Å²) in [7, 11) is 0. The maximum atomic E-state index is 12.3. The lowest BCUT2D eigenvalue weighted by Crippen LogP contribution is -2.23. The van der Waals surface area contributed by atoms with Gasteiger partial charge in [-0.25, -0.2) is 0 Å². The minimum atomic E-state index is -0.146. The van der Waals surface area contributed by atoms with Crippen LogP contribution < -0.4 is 20.5 Å². The van der Waals surface area contributed by atoms with Crippen molar-refractivity contribution in [3.05, 3.63) is 53.1 Å². The standard InChI is InChI=1S/C19H22N2O3/c1-3-23-17-9-14-8-12(2)24-18(14)10-15(17)11-21-19(22)13-4-6-16(20)7-5-13/h4-7,9-10,12H,3,8,11,20H2,1-2H3,(H,21,22). The molecule has 126 valence electrons. The van der Waals surface area contributed by atoms with Gasteiger partial charge in [0.2, 0.25) is 0 Å². The lowest BCUT2D eigenvalue weighted by Gasteiger charge is -2.13. The van der Waals surface area contributed by atoms with Gasteiger partial charge in [-0.15, -0.1) is 0 Å². The fourth-order valence-corrected chi connectivity index (χ4v) is 2.82. The maximum Gasteiger partial charge on any atom is 0.251 e. The molecule has 1 unspecified atom stereocenters. The fourth-order valence-electron chi connectivity index (χ4n) is 2.82. The Hall–Kier alpha value is -2.69. The molecule has 0 saturated heterocycles. The van der Waals surface area contributed by atoms with Crippen molar-refractivity contribution in [2.24, 2.45) is 0 Å². The molecule has 24 heavy (non-hydrogen) atoms. The first-order valence-electron chi connectivity index (χ1n) is 8.15. The smallest absolute Gasteiger partial charge is 0.251 e. The lowest BCUT2D eigenvalue weighted by atomic mass is 10.1. The molecule has 2 aromatic carbocycles. The van der Waals surface area contributed by atoms with E-state index in [2.05, 4.69) is 5.32 Å². The summed E-state index contributed by atoms with van der Waals surface area (Å²) >= 11 is 0. The number of amides is 1. The van der Waals surface area contributed by atoms with E-state index in [9.17, 15) is 4.79 Å². The number of carbonyl (C=O) groups is 1. The molecule has 0 spiro atoms. The van der Waals surface area contributed by atoms with Gasteiger partial charge in [0, 0.05) is 35.3 Å². The van der Waals surface area contributed by atoms with Crippen LogP contribution in [0.25, 0.3) is 0 Å². The van der Waals surface area contributed by atoms with Crippen molar-refractivity contribution in [2.45, 2.75) is 32.9 Å². The zero-order valence-corrected chi connectivity index (χ0v) is 14.0. The fraction of sp³-hybridized carbons (Fsp3) is 0.316. The zero-order valence-electron chi connectivity index (χ0n) is 14.0. The van der Waals surface area contributed by atoms with Crippen molar-refractivity contribution in [2.75, 3.05) is 12.3 Å². The van der Waals surface area contributed by atoms with Crippen molar-refractivity contribution >= 4 is 11.6 Å². The van der Waals surface area contributed by atoms with Crippen LogP contribution in [-0.2, 0) is 13.0 Å². The number of carbonyl (C=O) groups excluding carboxylic acids is 1. The van der Waals surface area contributed by atoms with E-state index in [-0.39, 0.29) is 12.0 Å². The Morgan fingerprint density at radius 3 is 2.79 bits per heavy atom. The molecule has 5 heteroatoms.